The van der Waals surface area contributed by atoms with Crippen LogP contribution < -0.4 is 10.6 Å². The lowest BCUT2D eigenvalue weighted by atomic mass is 10.0. The molecule has 1 aromatic heterocycles. The Morgan fingerprint density at radius 3 is 2.71 bits per heavy atom. The minimum absolute atomic E-state index is 0.00869. The summed E-state index contributed by atoms with van der Waals surface area (Å²) in [5.74, 6) is -1.74. The zero-order chi connectivity index (χ0) is 15.7. The number of carbonyl (C=O) groups is 3. The van der Waals surface area contributed by atoms with E-state index < -0.39 is 17.9 Å². The third-order valence-electron chi connectivity index (χ3n) is 2.75. The Balaban J connectivity index is 2.12. The lowest BCUT2D eigenvalue weighted by Gasteiger charge is -2.09. The third kappa shape index (κ3) is 7.71. The number of amides is 3. The molecule has 3 amide bonds. The quantitative estimate of drug-likeness (QED) is 0.608. The molecule has 0 aliphatic rings. The number of aromatic nitrogens is 2. The molecule has 8 nitrogen and oxygen atoms in total. The molecule has 1 atom stereocenters. The van der Waals surface area contributed by atoms with Crippen LogP contribution in [0, 0.1) is 5.92 Å². The van der Waals surface area contributed by atoms with Crippen LogP contribution >= 0.6 is 0 Å². The number of imidazole rings is 1. The molecule has 3 N–H and O–H groups in total. The van der Waals surface area contributed by atoms with Gasteiger partial charge in [0.25, 0.3) is 0 Å². The Bertz CT molecular complexity index is 473. The molecule has 0 aliphatic carbocycles. The van der Waals surface area contributed by atoms with Gasteiger partial charge in [-0.15, -0.1) is 0 Å². The SMILES string of the molecule is CC(CC(=O)O)CC(=O)NC(=O)NCCCn1ccnc1. The molecule has 0 spiro atoms. The zero-order valence-corrected chi connectivity index (χ0v) is 11.9. The second kappa shape index (κ2) is 8.72. The van der Waals surface area contributed by atoms with Gasteiger partial charge in [-0.2, -0.15) is 0 Å². The van der Waals surface area contributed by atoms with Crippen molar-refractivity contribution in [3.8, 4) is 0 Å². The van der Waals surface area contributed by atoms with Crippen LogP contribution in [0.25, 0.3) is 0 Å². The second-order valence-corrected chi connectivity index (χ2v) is 4.87. The maximum absolute atomic E-state index is 11.5. The van der Waals surface area contributed by atoms with Gasteiger partial charge in [0.2, 0.25) is 5.91 Å². The van der Waals surface area contributed by atoms with Crippen molar-refractivity contribution < 1.29 is 19.5 Å². The molecule has 0 aliphatic heterocycles. The standard InChI is InChI=1S/C13H20N4O4/c1-10(8-12(19)20)7-11(18)16-13(21)15-3-2-5-17-6-4-14-9-17/h4,6,9-10H,2-3,5,7-8H2,1H3,(H,19,20)(H2,15,16,18,21). The summed E-state index contributed by atoms with van der Waals surface area (Å²) in [6.45, 7) is 2.81. The van der Waals surface area contributed by atoms with Crippen molar-refractivity contribution in [3.05, 3.63) is 18.7 Å². The normalized spacial score (nSPS) is 11.7. The molecule has 0 saturated heterocycles. The topological polar surface area (TPSA) is 113 Å². The maximum atomic E-state index is 11.5. The fourth-order valence-electron chi connectivity index (χ4n) is 1.79. The van der Waals surface area contributed by atoms with Gasteiger partial charge in [-0.05, 0) is 12.3 Å². The molecule has 1 aromatic rings. The number of aryl methyl sites for hydroxylation is 1. The number of hydrogen-bond acceptors (Lipinski definition) is 4. The molecule has 1 heterocycles. The van der Waals surface area contributed by atoms with Crippen molar-refractivity contribution in [3.63, 3.8) is 0 Å². The van der Waals surface area contributed by atoms with Crippen molar-refractivity contribution >= 4 is 17.9 Å². The Morgan fingerprint density at radius 2 is 2.10 bits per heavy atom. The van der Waals surface area contributed by atoms with Gasteiger partial charge in [0.15, 0.2) is 0 Å². The van der Waals surface area contributed by atoms with Crippen molar-refractivity contribution in [2.45, 2.75) is 32.7 Å². The molecule has 8 heteroatoms. The summed E-state index contributed by atoms with van der Waals surface area (Å²) in [5, 5.41) is 13.3. The number of carboxylic acid groups (broad SMARTS) is 1. The first-order valence-electron chi connectivity index (χ1n) is 6.72. The zero-order valence-electron chi connectivity index (χ0n) is 11.9. The molecule has 1 rings (SSSR count). The molecule has 21 heavy (non-hydrogen) atoms. The third-order valence-corrected chi connectivity index (χ3v) is 2.75. The number of rotatable bonds is 8. The molecule has 0 radical (unpaired) electrons. The summed E-state index contributed by atoms with van der Waals surface area (Å²) in [6, 6.07) is -0.562. The van der Waals surface area contributed by atoms with Crippen molar-refractivity contribution in [1.29, 1.82) is 0 Å². The Morgan fingerprint density at radius 1 is 1.33 bits per heavy atom. The minimum Gasteiger partial charge on any atom is -0.481 e. The van der Waals surface area contributed by atoms with E-state index in [0.29, 0.717) is 13.0 Å². The predicted molar refractivity (Wildman–Crippen MR) is 74.4 cm³/mol. The molecule has 116 valence electrons. The molecular formula is C13H20N4O4. The van der Waals surface area contributed by atoms with Crippen molar-refractivity contribution in [2.24, 2.45) is 5.92 Å². The van der Waals surface area contributed by atoms with Gasteiger partial charge in [0.05, 0.1) is 6.33 Å². The van der Waals surface area contributed by atoms with Crippen LogP contribution in [0.1, 0.15) is 26.2 Å². The van der Waals surface area contributed by atoms with Gasteiger partial charge in [0, 0.05) is 38.3 Å². The predicted octanol–water partition coefficient (Wildman–Crippen LogP) is 0.600. The van der Waals surface area contributed by atoms with Crippen LogP contribution in [0.2, 0.25) is 0 Å². The number of nitrogens with zero attached hydrogens (tertiary/aromatic N) is 2. The van der Waals surface area contributed by atoms with Crippen LogP contribution in [0.4, 0.5) is 4.79 Å². The number of urea groups is 1. The first-order chi connectivity index (χ1) is 9.97. The van der Waals surface area contributed by atoms with E-state index in [1.54, 1.807) is 19.4 Å². The van der Waals surface area contributed by atoms with E-state index in [0.717, 1.165) is 6.54 Å². The van der Waals surface area contributed by atoms with E-state index in [1.165, 1.54) is 0 Å². The fraction of sp³-hybridized carbons (Fsp3) is 0.538. The highest BCUT2D eigenvalue weighted by molar-refractivity contribution is 5.94. The van der Waals surface area contributed by atoms with Crippen molar-refractivity contribution in [1.82, 2.24) is 20.2 Å². The monoisotopic (exact) mass is 296 g/mol. The smallest absolute Gasteiger partial charge is 0.321 e. The van der Waals surface area contributed by atoms with E-state index in [2.05, 4.69) is 15.6 Å². The molecular weight excluding hydrogens is 276 g/mol. The number of nitrogens with one attached hydrogen (secondary N) is 2. The lowest BCUT2D eigenvalue weighted by Crippen LogP contribution is -2.40. The van der Waals surface area contributed by atoms with E-state index >= 15 is 0 Å². The van der Waals surface area contributed by atoms with Crippen LogP contribution in [-0.4, -0.2) is 39.1 Å². The Labute approximate surface area is 122 Å². The molecule has 0 aromatic carbocycles. The first kappa shape index (κ1) is 16.7. The van der Waals surface area contributed by atoms with Crippen LogP contribution in [0.3, 0.4) is 0 Å². The van der Waals surface area contributed by atoms with Crippen molar-refractivity contribution in [2.75, 3.05) is 6.54 Å². The number of carbonyl (C=O) groups excluding carboxylic acids is 2. The highest BCUT2D eigenvalue weighted by Gasteiger charge is 2.14. The van der Waals surface area contributed by atoms with Gasteiger partial charge < -0.3 is 15.0 Å². The van der Waals surface area contributed by atoms with Gasteiger partial charge in [0.1, 0.15) is 0 Å². The fourth-order valence-corrected chi connectivity index (χ4v) is 1.79. The summed E-state index contributed by atoms with van der Waals surface area (Å²) in [5.41, 5.74) is 0. The van der Waals surface area contributed by atoms with Gasteiger partial charge >= 0.3 is 12.0 Å². The van der Waals surface area contributed by atoms with Gasteiger partial charge in [-0.1, -0.05) is 6.92 Å². The summed E-state index contributed by atoms with van der Waals surface area (Å²) in [4.78, 5) is 37.3. The Hall–Kier alpha value is -2.38. The first-order valence-corrected chi connectivity index (χ1v) is 6.72. The van der Waals surface area contributed by atoms with Crippen LogP contribution in [0.5, 0.6) is 0 Å². The summed E-state index contributed by atoms with van der Waals surface area (Å²) >= 11 is 0. The highest BCUT2D eigenvalue weighted by Crippen LogP contribution is 2.06. The van der Waals surface area contributed by atoms with E-state index in [1.807, 2.05) is 10.8 Å². The second-order valence-electron chi connectivity index (χ2n) is 4.87. The summed E-state index contributed by atoms with van der Waals surface area (Å²) in [7, 11) is 0. The molecule has 0 bridgehead atoms. The number of hydrogen-bond donors (Lipinski definition) is 3. The largest absolute Gasteiger partial charge is 0.481 e. The average Bonchev–Trinajstić information content (AvgIpc) is 2.86. The number of aliphatic carboxylic acids is 1. The van der Waals surface area contributed by atoms with Gasteiger partial charge in [-0.3, -0.25) is 14.9 Å². The highest BCUT2D eigenvalue weighted by atomic mass is 16.4. The van der Waals surface area contributed by atoms with Crippen LogP contribution in [-0.2, 0) is 16.1 Å². The van der Waals surface area contributed by atoms with Crippen LogP contribution in [0.15, 0.2) is 18.7 Å². The number of carboxylic acids is 1. The van der Waals surface area contributed by atoms with Gasteiger partial charge in [-0.25, -0.2) is 9.78 Å². The molecule has 1 unspecified atom stereocenters. The Kier molecular flexibility index (Phi) is 6.93. The number of imide groups is 1. The summed E-state index contributed by atoms with van der Waals surface area (Å²) in [6.07, 6.45) is 5.82. The minimum atomic E-state index is -0.959. The maximum Gasteiger partial charge on any atom is 0.321 e. The van der Waals surface area contributed by atoms with E-state index in [-0.39, 0.29) is 18.8 Å². The average molecular weight is 296 g/mol. The molecule has 0 fully saturated rings. The lowest BCUT2D eigenvalue weighted by molar-refractivity contribution is -0.138. The van der Waals surface area contributed by atoms with E-state index in [9.17, 15) is 14.4 Å². The molecule has 0 saturated carbocycles. The van der Waals surface area contributed by atoms with E-state index in [4.69, 9.17) is 5.11 Å². The summed E-state index contributed by atoms with van der Waals surface area (Å²) < 4.78 is 1.89.